The summed E-state index contributed by atoms with van der Waals surface area (Å²) in [4.78, 5) is 14.8. The van der Waals surface area contributed by atoms with Crippen LogP contribution in [-0.4, -0.2) is 19.1 Å². The van der Waals surface area contributed by atoms with Gasteiger partial charge in [0, 0.05) is 6.54 Å². The average Bonchev–Trinajstić information content (AvgIpc) is 2.81. The molecule has 0 spiro atoms. The number of hydrogen-bond donors (Lipinski definition) is 2. The van der Waals surface area contributed by atoms with E-state index in [1.807, 2.05) is 41.3 Å². The number of halogens is 1. The Labute approximate surface area is 162 Å². The lowest BCUT2D eigenvalue weighted by atomic mass is 10.0. The molecule has 26 heavy (non-hydrogen) atoms. The van der Waals surface area contributed by atoms with Gasteiger partial charge < -0.3 is 11.1 Å². The fourth-order valence-electron chi connectivity index (χ4n) is 3.40. The minimum Gasteiger partial charge on any atom is -0.337 e. The smallest absolute Gasteiger partial charge is 0.326 e. The summed E-state index contributed by atoms with van der Waals surface area (Å²) in [5.74, 6) is 0. The highest BCUT2D eigenvalue weighted by molar-refractivity contribution is 6.01. The molecule has 0 aliphatic carbocycles. The predicted octanol–water partition coefficient (Wildman–Crippen LogP) is 4.57. The van der Waals surface area contributed by atoms with Crippen molar-refractivity contribution in [2.24, 2.45) is 5.73 Å². The molecule has 0 saturated carbocycles. The summed E-state index contributed by atoms with van der Waals surface area (Å²) in [5.41, 5.74) is 9.94. The van der Waals surface area contributed by atoms with E-state index in [0.29, 0.717) is 6.54 Å². The monoisotopic (exact) mass is 373 g/mol. The third kappa shape index (κ3) is 4.77. The van der Waals surface area contributed by atoms with E-state index in [9.17, 15) is 4.79 Å². The lowest BCUT2D eigenvalue weighted by Crippen LogP contribution is -2.37. The number of carbonyl (C=O) groups is 1. The van der Waals surface area contributed by atoms with Crippen molar-refractivity contribution in [1.29, 1.82) is 0 Å². The normalized spacial score (nSPS) is 12.4. The van der Waals surface area contributed by atoms with Crippen LogP contribution in [0.1, 0.15) is 36.8 Å². The molecule has 0 fully saturated rings. The molecule has 0 bridgehead atoms. The van der Waals surface area contributed by atoms with Gasteiger partial charge in [-0.2, -0.15) is 0 Å². The van der Waals surface area contributed by atoms with Crippen LogP contribution in [0.3, 0.4) is 0 Å². The first kappa shape index (κ1) is 20.3. The van der Waals surface area contributed by atoms with Crippen LogP contribution >= 0.6 is 12.4 Å². The second-order valence-corrected chi connectivity index (χ2v) is 6.53. The number of para-hydroxylation sites is 2. The first-order valence-corrected chi connectivity index (χ1v) is 9.25. The predicted molar refractivity (Wildman–Crippen MR) is 111 cm³/mol. The van der Waals surface area contributed by atoms with Crippen molar-refractivity contribution < 1.29 is 4.79 Å². The minimum absolute atomic E-state index is 0. The first-order valence-electron chi connectivity index (χ1n) is 9.25. The van der Waals surface area contributed by atoms with E-state index in [1.165, 1.54) is 11.1 Å². The van der Waals surface area contributed by atoms with Gasteiger partial charge in [0.15, 0.2) is 0 Å². The number of anilines is 2. The maximum atomic E-state index is 13.0. The van der Waals surface area contributed by atoms with Gasteiger partial charge in [-0.15, -0.1) is 12.4 Å². The van der Waals surface area contributed by atoms with Crippen molar-refractivity contribution in [3.63, 3.8) is 0 Å². The van der Waals surface area contributed by atoms with E-state index in [1.54, 1.807) is 0 Å². The number of benzene rings is 2. The molecule has 1 heterocycles. The van der Waals surface area contributed by atoms with Crippen molar-refractivity contribution in [3.05, 3.63) is 59.7 Å². The van der Waals surface area contributed by atoms with E-state index < -0.39 is 0 Å². The number of nitrogens with one attached hydrogen (secondary N) is 1. The Balaban J connectivity index is 0.00000243. The van der Waals surface area contributed by atoms with E-state index in [-0.39, 0.29) is 18.4 Å². The number of unbranched alkanes of at least 4 members (excludes halogenated alkanes) is 3. The van der Waals surface area contributed by atoms with Gasteiger partial charge in [-0.25, -0.2) is 4.79 Å². The molecule has 2 aromatic rings. The van der Waals surface area contributed by atoms with Gasteiger partial charge in [-0.3, -0.25) is 4.90 Å². The summed E-state index contributed by atoms with van der Waals surface area (Å²) in [5, 5.41) is 3.09. The molecule has 0 radical (unpaired) electrons. The van der Waals surface area contributed by atoms with Gasteiger partial charge in [-0.1, -0.05) is 49.2 Å². The van der Waals surface area contributed by atoms with Crippen LogP contribution < -0.4 is 16.0 Å². The minimum atomic E-state index is -0.0411. The Morgan fingerprint density at radius 3 is 2.00 bits per heavy atom. The van der Waals surface area contributed by atoms with Crippen molar-refractivity contribution in [1.82, 2.24) is 5.32 Å². The van der Waals surface area contributed by atoms with Gasteiger partial charge in [0.1, 0.15) is 0 Å². The van der Waals surface area contributed by atoms with Gasteiger partial charge in [0.2, 0.25) is 0 Å². The maximum Gasteiger partial charge on any atom is 0.326 e. The number of rotatable bonds is 6. The van der Waals surface area contributed by atoms with E-state index in [2.05, 4.69) is 17.4 Å². The molecule has 0 unspecified atom stereocenters. The zero-order chi connectivity index (χ0) is 17.5. The summed E-state index contributed by atoms with van der Waals surface area (Å²) >= 11 is 0. The number of fused-ring (bicyclic) bond motifs is 2. The molecular weight excluding hydrogens is 346 g/mol. The molecule has 2 amide bonds. The average molecular weight is 374 g/mol. The Morgan fingerprint density at radius 2 is 1.42 bits per heavy atom. The third-order valence-electron chi connectivity index (χ3n) is 4.74. The second-order valence-electron chi connectivity index (χ2n) is 6.53. The van der Waals surface area contributed by atoms with Crippen molar-refractivity contribution in [2.45, 2.75) is 38.5 Å². The van der Waals surface area contributed by atoms with Crippen LogP contribution in [0, 0.1) is 0 Å². The standard InChI is InChI=1S/C21H27N3O.ClH/c22-15-7-1-2-8-16-23-21(25)24-19-11-5-3-9-17(19)13-14-18-10-4-6-12-20(18)24;/h3-6,9-12H,1-2,7-8,13-16,22H2,(H,23,25);1H. The highest BCUT2D eigenvalue weighted by Gasteiger charge is 2.25. The number of aryl methyl sites for hydroxylation is 2. The zero-order valence-corrected chi connectivity index (χ0v) is 15.9. The molecule has 3 rings (SSSR count). The number of hydrogen-bond acceptors (Lipinski definition) is 2. The van der Waals surface area contributed by atoms with Crippen LogP contribution in [0.15, 0.2) is 48.5 Å². The Morgan fingerprint density at radius 1 is 0.885 bits per heavy atom. The first-order chi connectivity index (χ1) is 12.3. The maximum absolute atomic E-state index is 13.0. The fourth-order valence-corrected chi connectivity index (χ4v) is 3.40. The Hall–Kier alpha value is -2.04. The molecule has 140 valence electrons. The molecule has 1 aliphatic heterocycles. The van der Waals surface area contributed by atoms with E-state index >= 15 is 0 Å². The largest absolute Gasteiger partial charge is 0.337 e. The van der Waals surface area contributed by atoms with Crippen molar-refractivity contribution in [2.75, 3.05) is 18.0 Å². The van der Waals surface area contributed by atoms with Crippen LogP contribution in [0.25, 0.3) is 0 Å². The van der Waals surface area contributed by atoms with E-state index in [4.69, 9.17) is 5.73 Å². The summed E-state index contributed by atoms with van der Waals surface area (Å²) in [6.45, 7) is 1.44. The third-order valence-corrected chi connectivity index (χ3v) is 4.74. The Kier molecular flexibility index (Phi) is 7.95. The molecule has 1 aliphatic rings. The number of urea groups is 1. The molecule has 5 heteroatoms. The number of amides is 2. The number of nitrogens with zero attached hydrogens (tertiary/aromatic N) is 1. The molecule has 0 aromatic heterocycles. The summed E-state index contributed by atoms with van der Waals surface area (Å²) < 4.78 is 0. The van der Waals surface area contributed by atoms with Crippen LogP contribution in [0.4, 0.5) is 16.2 Å². The zero-order valence-electron chi connectivity index (χ0n) is 15.1. The SMILES string of the molecule is Cl.NCCCCCCNC(=O)N1c2ccccc2CCc2ccccc21. The van der Waals surface area contributed by atoms with Crippen LogP contribution in [-0.2, 0) is 12.8 Å². The molecule has 0 atom stereocenters. The number of nitrogens with two attached hydrogens (primary N) is 1. The lowest BCUT2D eigenvalue weighted by Gasteiger charge is -2.25. The molecule has 3 N–H and O–H groups in total. The van der Waals surface area contributed by atoms with Gasteiger partial charge in [0.25, 0.3) is 0 Å². The van der Waals surface area contributed by atoms with Crippen LogP contribution in [0.2, 0.25) is 0 Å². The van der Waals surface area contributed by atoms with E-state index in [0.717, 1.165) is 56.4 Å². The topological polar surface area (TPSA) is 58.4 Å². The van der Waals surface area contributed by atoms with Crippen molar-refractivity contribution >= 4 is 29.8 Å². The van der Waals surface area contributed by atoms with Gasteiger partial charge >= 0.3 is 6.03 Å². The Bertz CT molecular complexity index is 672. The lowest BCUT2D eigenvalue weighted by molar-refractivity contribution is 0.248. The molecular formula is C21H28ClN3O. The highest BCUT2D eigenvalue weighted by Crippen LogP contribution is 2.35. The van der Waals surface area contributed by atoms with Gasteiger partial charge in [-0.05, 0) is 55.5 Å². The molecule has 0 saturated heterocycles. The quantitative estimate of drug-likeness (QED) is 0.728. The molecule has 4 nitrogen and oxygen atoms in total. The number of carbonyl (C=O) groups excluding carboxylic acids is 1. The molecule has 2 aromatic carbocycles. The summed E-state index contributed by atoms with van der Waals surface area (Å²) in [7, 11) is 0. The summed E-state index contributed by atoms with van der Waals surface area (Å²) in [6, 6.07) is 16.4. The second kappa shape index (κ2) is 10.2. The summed E-state index contributed by atoms with van der Waals surface area (Å²) in [6.07, 6.45) is 6.18. The van der Waals surface area contributed by atoms with Crippen molar-refractivity contribution in [3.8, 4) is 0 Å². The fraction of sp³-hybridized carbons (Fsp3) is 0.381. The van der Waals surface area contributed by atoms with Gasteiger partial charge in [0.05, 0.1) is 11.4 Å². The van der Waals surface area contributed by atoms with Crippen LogP contribution in [0.5, 0.6) is 0 Å². The highest BCUT2D eigenvalue weighted by atomic mass is 35.5.